The molecule has 0 bridgehead atoms. The van der Waals surface area contributed by atoms with Gasteiger partial charge in [0.25, 0.3) is 0 Å². The van der Waals surface area contributed by atoms with Crippen LogP contribution in [0.2, 0.25) is 0 Å². The number of urea groups is 1. The van der Waals surface area contributed by atoms with E-state index < -0.39 is 0 Å². The predicted octanol–water partition coefficient (Wildman–Crippen LogP) is 2.94. The first kappa shape index (κ1) is 16.8. The van der Waals surface area contributed by atoms with Crippen LogP contribution in [0.25, 0.3) is 0 Å². The monoisotopic (exact) mass is 351 g/mol. The van der Waals surface area contributed by atoms with Crippen LogP contribution in [-0.2, 0) is 12.8 Å². The Hall–Kier alpha value is -2.63. The average Bonchev–Trinajstić information content (AvgIpc) is 3.12. The Morgan fingerprint density at radius 1 is 1.04 bits per heavy atom. The molecule has 2 amide bonds. The van der Waals surface area contributed by atoms with Crippen molar-refractivity contribution in [2.75, 3.05) is 36.4 Å². The van der Waals surface area contributed by atoms with Gasteiger partial charge in [0.1, 0.15) is 0 Å². The summed E-state index contributed by atoms with van der Waals surface area (Å²) in [5.74, 6) is 0.945. The summed E-state index contributed by atoms with van der Waals surface area (Å²) in [5.41, 5.74) is 5.66. The van der Waals surface area contributed by atoms with Crippen molar-refractivity contribution in [3.05, 3.63) is 46.6 Å². The van der Waals surface area contributed by atoms with Crippen LogP contribution < -0.4 is 10.2 Å². The van der Waals surface area contributed by atoms with E-state index in [-0.39, 0.29) is 6.03 Å². The third-order valence-electron chi connectivity index (χ3n) is 5.32. The summed E-state index contributed by atoms with van der Waals surface area (Å²) >= 11 is 0. The zero-order chi connectivity index (χ0) is 18.1. The maximum absolute atomic E-state index is 12.6. The zero-order valence-electron chi connectivity index (χ0n) is 15.5. The van der Waals surface area contributed by atoms with Crippen molar-refractivity contribution in [3.63, 3.8) is 0 Å². The number of aromatic nitrogens is 2. The number of nitrogens with one attached hydrogen (secondary N) is 1. The molecule has 4 rings (SSSR count). The number of benzene rings is 1. The second kappa shape index (κ2) is 6.94. The highest BCUT2D eigenvalue weighted by Gasteiger charge is 2.24. The van der Waals surface area contributed by atoms with E-state index in [9.17, 15) is 4.79 Å². The van der Waals surface area contributed by atoms with Gasteiger partial charge in [0.2, 0.25) is 0 Å². The first-order valence-electron chi connectivity index (χ1n) is 9.34. The summed E-state index contributed by atoms with van der Waals surface area (Å²) in [4.78, 5) is 16.7. The van der Waals surface area contributed by atoms with Gasteiger partial charge in [-0.1, -0.05) is 17.7 Å². The normalized spacial score (nSPS) is 16.5. The minimum atomic E-state index is -0.0309. The van der Waals surface area contributed by atoms with Gasteiger partial charge >= 0.3 is 6.03 Å². The van der Waals surface area contributed by atoms with Gasteiger partial charge < -0.3 is 15.1 Å². The summed E-state index contributed by atoms with van der Waals surface area (Å²) in [6.45, 7) is 7.03. The second-order valence-electron chi connectivity index (χ2n) is 7.25. The molecule has 1 aromatic heterocycles. The number of hydrogen-bond donors (Lipinski definition) is 1. The van der Waals surface area contributed by atoms with Gasteiger partial charge in [-0.2, -0.15) is 5.10 Å². The van der Waals surface area contributed by atoms with E-state index in [0.29, 0.717) is 13.1 Å². The lowest BCUT2D eigenvalue weighted by Crippen LogP contribution is -2.50. The van der Waals surface area contributed by atoms with Gasteiger partial charge in [-0.3, -0.25) is 0 Å². The third kappa shape index (κ3) is 3.36. The van der Waals surface area contributed by atoms with Crippen molar-refractivity contribution in [3.8, 4) is 0 Å². The van der Waals surface area contributed by atoms with Gasteiger partial charge in [0.15, 0.2) is 5.82 Å². The van der Waals surface area contributed by atoms with Crippen LogP contribution in [0.15, 0.2) is 24.3 Å². The summed E-state index contributed by atoms with van der Waals surface area (Å²) in [6.07, 6.45) is 3.34. The summed E-state index contributed by atoms with van der Waals surface area (Å²) in [5, 5.41) is 11.8. The van der Waals surface area contributed by atoms with Gasteiger partial charge in [0.05, 0.1) is 5.69 Å². The van der Waals surface area contributed by atoms with E-state index in [1.54, 1.807) is 0 Å². The molecule has 136 valence electrons. The molecule has 0 spiro atoms. The maximum Gasteiger partial charge on any atom is 0.321 e. The van der Waals surface area contributed by atoms with Crippen LogP contribution in [0.4, 0.5) is 16.3 Å². The highest BCUT2D eigenvalue weighted by molar-refractivity contribution is 5.90. The molecule has 2 aromatic rings. The first-order chi connectivity index (χ1) is 12.6. The van der Waals surface area contributed by atoms with Gasteiger partial charge in [-0.25, -0.2) is 4.79 Å². The lowest BCUT2D eigenvalue weighted by atomic mass is 10.1. The van der Waals surface area contributed by atoms with Gasteiger partial charge in [-0.15, -0.1) is 5.10 Å². The minimum Gasteiger partial charge on any atom is -0.352 e. The van der Waals surface area contributed by atoms with E-state index in [2.05, 4.69) is 39.5 Å². The summed E-state index contributed by atoms with van der Waals surface area (Å²) in [6, 6.07) is 8.23. The molecule has 1 fully saturated rings. The number of piperazine rings is 1. The number of hydrogen-bond acceptors (Lipinski definition) is 4. The summed E-state index contributed by atoms with van der Waals surface area (Å²) in [7, 11) is 0. The fourth-order valence-electron chi connectivity index (χ4n) is 3.76. The van der Waals surface area contributed by atoms with Crippen molar-refractivity contribution in [2.24, 2.45) is 0 Å². The number of anilines is 2. The fourth-order valence-corrected chi connectivity index (χ4v) is 3.76. The van der Waals surface area contributed by atoms with Crippen LogP contribution in [0.3, 0.4) is 0 Å². The Labute approximate surface area is 154 Å². The molecular weight excluding hydrogens is 326 g/mol. The number of carbonyl (C=O) groups is 1. The van der Waals surface area contributed by atoms with Crippen LogP contribution in [0.1, 0.15) is 28.8 Å². The quantitative estimate of drug-likeness (QED) is 0.904. The molecule has 26 heavy (non-hydrogen) atoms. The van der Waals surface area contributed by atoms with E-state index in [4.69, 9.17) is 0 Å². The van der Waals surface area contributed by atoms with Crippen LogP contribution >= 0.6 is 0 Å². The number of nitrogens with zero attached hydrogens (tertiary/aromatic N) is 4. The van der Waals surface area contributed by atoms with Gasteiger partial charge in [0, 0.05) is 31.9 Å². The summed E-state index contributed by atoms with van der Waals surface area (Å²) < 4.78 is 0. The second-order valence-corrected chi connectivity index (χ2v) is 7.25. The minimum absolute atomic E-state index is 0.0309. The largest absolute Gasteiger partial charge is 0.352 e. The van der Waals surface area contributed by atoms with Crippen molar-refractivity contribution in [1.29, 1.82) is 0 Å². The number of carbonyl (C=O) groups excluding carboxylic acids is 1. The number of rotatable bonds is 2. The molecule has 6 nitrogen and oxygen atoms in total. The van der Waals surface area contributed by atoms with Gasteiger partial charge in [-0.05, 0) is 56.4 Å². The zero-order valence-corrected chi connectivity index (χ0v) is 15.5. The molecule has 6 heteroatoms. The lowest BCUT2D eigenvalue weighted by Gasteiger charge is -2.35. The topological polar surface area (TPSA) is 61.4 Å². The molecule has 1 aliphatic carbocycles. The number of amides is 2. The highest BCUT2D eigenvalue weighted by atomic mass is 16.2. The lowest BCUT2D eigenvalue weighted by molar-refractivity contribution is 0.208. The molecule has 0 radical (unpaired) electrons. The Morgan fingerprint density at radius 3 is 2.62 bits per heavy atom. The maximum atomic E-state index is 12.6. The molecule has 1 aliphatic heterocycles. The number of aryl methyl sites for hydroxylation is 4. The third-order valence-corrected chi connectivity index (χ3v) is 5.32. The molecule has 2 heterocycles. The van der Waals surface area contributed by atoms with Crippen LogP contribution in [0, 0.1) is 13.8 Å². The standard InChI is InChI=1S/C20H25N5O/c1-14-6-7-17(15(2)12-14)21-20(26)25-10-8-24(9-11-25)19-13-16-4-3-5-18(16)22-23-19/h6-7,12-13H,3-5,8-11H2,1-2H3,(H,21,26). The highest BCUT2D eigenvalue weighted by Crippen LogP contribution is 2.23. The molecule has 1 N–H and O–H groups in total. The molecule has 0 saturated carbocycles. The van der Waals surface area contributed by atoms with E-state index in [1.165, 1.54) is 17.5 Å². The van der Waals surface area contributed by atoms with Crippen molar-refractivity contribution in [2.45, 2.75) is 33.1 Å². The van der Waals surface area contributed by atoms with Crippen molar-refractivity contribution >= 4 is 17.5 Å². The molecule has 0 unspecified atom stereocenters. The molecular formula is C20H25N5O. The van der Waals surface area contributed by atoms with Crippen LogP contribution in [-0.4, -0.2) is 47.3 Å². The Balaban J connectivity index is 1.36. The number of fused-ring (bicyclic) bond motifs is 1. The van der Waals surface area contributed by atoms with E-state index in [0.717, 1.165) is 48.7 Å². The van der Waals surface area contributed by atoms with E-state index >= 15 is 0 Å². The molecule has 2 aliphatic rings. The Bertz CT molecular complexity index is 827. The Morgan fingerprint density at radius 2 is 1.85 bits per heavy atom. The fraction of sp³-hybridized carbons (Fsp3) is 0.450. The van der Waals surface area contributed by atoms with E-state index in [1.807, 2.05) is 24.0 Å². The molecule has 0 atom stereocenters. The molecule has 1 saturated heterocycles. The van der Waals surface area contributed by atoms with Crippen molar-refractivity contribution in [1.82, 2.24) is 15.1 Å². The molecule has 1 aromatic carbocycles. The SMILES string of the molecule is Cc1ccc(NC(=O)N2CCN(c3cc4c(nn3)CCC4)CC2)c(C)c1. The van der Waals surface area contributed by atoms with Crippen LogP contribution in [0.5, 0.6) is 0 Å². The first-order valence-corrected chi connectivity index (χ1v) is 9.34. The Kier molecular flexibility index (Phi) is 4.49. The predicted molar refractivity (Wildman–Crippen MR) is 103 cm³/mol. The van der Waals surface area contributed by atoms with Crippen molar-refractivity contribution < 1.29 is 4.79 Å². The average molecular weight is 351 g/mol. The smallest absolute Gasteiger partial charge is 0.321 e.